The molecule has 0 spiro atoms. The lowest BCUT2D eigenvalue weighted by molar-refractivity contribution is 0.0779. The van der Waals surface area contributed by atoms with Gasteiger partial charge in [-0.25, -0.2) is 4.79 Å². The van der Waals surface area contributed by atoms with Gasteiger partial charge in [0.15, 0.2) is 0 Å². The lowest BCUT2D eigenvalue weighted by atomic mass is 9.98. The Hall–Kier alpha value is -2.86. The minimum absolute atomic E-state index is 0.00752. The Bertz CT molecular complexity index is 883. The van der Waals surface area contributed by atoms with E-state index in [0.717, 1.165) is 31.5 Å². The summed E-state index contributed by atoms with van der Waals surface area (Å²) in [5.41, 5.74) is 9.03. The van der Waals surface area contributed by atoms with Crippen LogP contribution in [-0.4, -0.2) is 36.0 Å². The van der Waals surface area contributed by atoms with Crippen LogP contribution in [0.15, 0.2) is 48.5 Å². The third kappa shape index (κ3) is 3.73. The molecule has 1 saturated heterocycles. The molecule has 2 aliphatic rings. The minimum atomic E-state index is -0.333. The van der Waals surface area contributed by atoms with Crippen LogP contribution >= 0.6 is 0 Å². The van der Waals surface area contributed by atoms with E-state index in [1.807, 2.05) is 54.3 Å². The molecule has 3 atom stereocenters. The van der Waals surface area contributed by atoms with Gasteiger partial charge in [-0.15, -0.1) is 0 Å². The van der Waals surface area contributed by atoms with Crippen LogP contribution in [0.25, 0.3) is 0 Å². The number of rotatable bonds is 3. The van der Waals surface area contributed by atoms with Crippen LogP contribution in [0.1, 0.15) is 28.8 Å². The molecule has 3 unspecified atom stereocenters. The van der Waals surface area contributed by atoms with Gasteiger partial charge in [0, 0.05) is 36.1 Å². The van der Waals surface area contributed by atoms with Crippen molar-refractivity contribution < 1.29 is 9.59 Å². The van der Waals surface area contributed by atoms with Crippen molar-refractivity contribution in [1.82, 2.24) is 4.90 Å². The van der Waals surface area contributed by atoms with Crippen molar-refractivity contribution in [2.75, 3.05) is 23.7 Å². The van der Waals surface area contributed by atoms with Gasteiger partial charge in [-0.05, 0) is 61.4 Å². The van der Waals surface area contributed by atoms with Gasteiger partial charge in [-0.3, -0.25) is 4.79 Å². The Kier molecular flexibility index (Phi) is 5.05. The third-order valence-corrected chi connectivity index (χ3v) is 5.96. The largest absolute Gasteiger partial charge is 0.338 e. The van der Waals surface area contributed by atoms with E-state index in [0.29, 0.717) is 28.8 Å². The van der Waals surface area contributed by atoms with Crippen molar-refractivity contribution in [1.29, 1.82) is 0 Å². The number of hydrogen-bond acceptors (Lipinski definition) is 3. The molecular weight excluding hydrogens is 352 g/mol. The van der Waals surface area contributed by atoms with Gasteiger partial charge in [-0.1, -0.05) is 24.3 Å². The molecule has 2 aromatic carbocycles. The number of carbonyl (C=O) groups is 2. The van der Waals surface area contributed by atoms with Crippen LogP contribution in [0.4, 0.5) is 16.2 Å². The average Bonchev–Trinajstić information content (AvgIpc) is 3.26. The highest BCUT2D eigenvalue weighted by molar-refractivity contribution is 6.02. The van der Waals surface area contributed by atoms with Gasteiger partial charge in [0.25, 0.3) is 5.91 Å². The summed E-state index contributed by atoms with van der Waals surface area (Å²) in [6.07, 6.45) is 2.17. The fourth-order valence-corrected chi connectivity index (χ4v) is 4.35. The lowest BCUT2D eigenvalue weighted by Gasteiger charge is -2.19. The molecule has 1 heterocycles. The molecule has 3 amide bonds. The molecule has 2 aromatic rings. The second-order valence-corrected chi connectivity index (χ2v) is 7.85. The van der Waals surface area contributed by atoms with Crippen molar-refractivity contribution in [3.05, 3.63) is 59.7 Å². The fourth-order valence-electron chi connectivity index (χ4n) is 4.35. The van der Waals surface area contributed by atoms with Crippen molar-refractivity contribution >= 4 is 23.3 Å². The van der Waals surface area contributed by atoms with Crippen molar-refractivity contribution in [2.45, 2.75) is 25.8 Å². The predicted molar refractivity (Wildman–Crippen MR) is 110 cm³/mol. The molecule has 1 aliphatic carbocycles. The topological polar surface area (TPSA) is 87.5 Å². The third-order valence-electron chi connectivity index (χ3n) is 5.96. The van der Waals surface area contributed by atoms with E-state index in [1.54, 1.807) is 6.07 Å². The molecule has 6 heteroatoms. The van der Waals surface area contributed by atoms with Gasteiger partial charge < -0.3 is 21.3 Å². The van der Waals surface area contributed by atoms with Crippen LogP contribution in [-0.2, 0) is 0 Å². The van der Waals surface area contributed by atoms with E-state index >= 15 is 0 Å². The van der Waals surface area contributed by atoms with Crippen LogP contribution < -0.4 is 16.4 Å². The molecule has 0 bridgehead atoms. The van der Waals surface area contributed by atoms with Gasteiger partial charge in [0.05, 0.1) is 0 Å². The Balaban J connectivity index is 1.45. The van der Waals surface area contributed by atoms with Crippen LogP contribution in [0.2, 0.25) is 0 Å². The summed E-state index contributed by atoms with van der Waals surface area (Å²) in [4.78, 5) is 27.2. The number of nitrogens with two attached hydrogens (primary N) is 1. The highest BCUT2D eigenvalue weighted by Crippen LogP contribution is 2.37. The van der Waals surface area contributed by atoms with E-state index < -0.39 is 0 Å². The first-order valence-corrected chi connectivity index (χ1v) is 9.80. The van der Waals surface area contributed by atoms with E-state index in [9.17, 15) is 9.59 Å². The number of nitrogens with one attached hydrogen (secondary N) is 2. The lowest BCUT2D eigenvalue weighted by Crippen LogP contribution is -2.33. The Morgan fingerprint density at radius 3 is 2.57 bits per heavy atom. The smallest absolute Gasteiger partial charge is 0.323 e. The molecule has 2 fully saturated rings. The first-order valence-electron chi connectivity index (χ1n) is 9.80. The van der Waals surface area contributed by atoms with Gasteiger partial charge >= 0.3 is 6.03 Å². The summed E-state index contributed by atoms with van der Waals surface area (Å²) in [6, 6.07) is 14.6. The molecule has 1 saturated carbocycles. The zero-order chi connectivity index (χ0) is 19.7. The van der Waals surface area contributed by atoms with E-state index in [2.05, 4.69) is 10.6 Å². The Labute approximate surface area is 165 Å². The highest BCUT2D eigenvalue weighted by Gasteiger charge is 2.42. The minimum Gasteiger partial charge on any atom is -0.338 e. The summed E-state index contributed by atoms with van der Waals surface area (Å²) >= 11 is 0. The normalized spacial score (nSPS) is 23.4. The number of fused-ring (bicyclic) bond motifs is 1. The number of para-hydroxylation sites is 1. The summed E-state index contributed by atoms with van der Waals surface area (Å²) < 4.78 is 0. The zero-order valence-electron chi connectivity index (χ0n) is 16.0. The highest BCUT2D eigenvalue weighted by atomic mass is 16.2. The summed E-state index contributed by atoms with van der Waals surface area (Å²) in [7, 11) is 0. The van der Waals surface area contributed by atoms with Crippen LogP contribution in [0.5, 0.6) is 0 Å². The molecule has 146 valence electrons. The van der Waals surface area contributed by atoms with Gasteiger partial charge in [0.2, 0.25) is 0 Å². The second-order valence-electron chi connectivity index (χ2n) is 7.85. The summed E-state index contributed by atoms with van der Waals surface area (Å²) in [5.74, 6) is 0.954. The van der Waals surface area contributed by atoms with E-state index in [1.165, 1.54) is 0 Å². The van der Waals surface area contributed by atoms with E-state index in [-0.39, 0.29) is 18.0 Å². The average molecular weight is 378 g/mol. The number of hydrogen-bond donors (Lipinski definition) is 3. The maximum atomic E-state index is 13.0. The number of urea groups is 1. The van der Waals surface area contributed by atoms with Crippen LogP contribution in [0.3, 0.4) is 0 Å². The number of nitrogens with zero attached hydrogens (tertiary/aromatic N) is 1. The van der Waals surface area contributed by atoms with Crippen molar-refractivity contribution in [3.8, 4) is 0 Å². The van der Waals surface area contributed by atoms with Gasteiger partial charge in [0.1, 0.15) is 0 Å². The maximum Gasteiger partial charge on any atom is 0.323 e. The molecule has 6 nitrogen and oxygen atoms in total. The fraction of sp³-hybridized carbons (Fsp3) is 0.364. The molecule has 4 rings (SSSR count). The number of anilines is 2. The first-order chi connectivity index (χ1) is 13.5. The quantitative estimate of drug-likeness (QED) is 0.764. The van der Waals surface area contributed by atoms with Crippen molar-refractivity contribution in [3.63, 3.8) is 0 Å². The standard InChI is InChI=1S/C22H26N4O2/c1-14-7-8-15(21(27)26-12-16-9-10-19(23)18(16)13-26)11-20(14)25-22(28)24-17-5-3-2-4-6-17/h2-8,11,16,18-19H,9-10,12-13,23H2,1H3,(H2,24,25,28). The zero-order valence-corrected chi connectivity index (χ0v) is 16.0. The van der Waals surface area contributed by atoms with E-state index in [4.69, 9.17) is 5.73 Å². The number of carbonyl (C=O) groups excluding carboxylic acids is 2. The Morgan fingerprint density at radius 2 is 1.82 bits per heavy atom. The molecule has 0 aromatic heterocycles. The van der Waals surface area contributed by atoms with Gasteiger partial charge in [-0.2, -0.15) is 0 Å². The monoisotopic (exact) mass is 378 g/mol. The number of amides is 3. The second kappa shape index (κ2) is 7.64. The molecule has 28 heavy (non-hydrogen) atoms. The molecule has 1 aliphatic heterocycles. The summed E-state index contributed by atoms with van der Waals surface area (Å²) in [5, 5.41) is 5.64. The number of likely N-dealkylation sites (tertiary alicyclic amines) is 1. The predicted octanol–water partition coefficient (Wildman–Crippen LogP) is 3.45. The first kappa shape index (κ1) is 18.5. The molecule has 4 N–H and O–H groups in total. The SMILES string of the molecule is Cc1ccc(C(=O)N2CC3CCC(N)C3C2)cc1NC(=O)Nc1ccccc1. The Morgan fingerprint density at radius 1 is 1.04 bits per heavy atom. The van der Waals surface area contributed by atoms with Crippen LogP contribution in [0, 0.1) is 18.8 Å². The number of benzene rings is 2. The summed E-state index contributed by atoms with van der Waals surface area (Å²) in [6.45, 7) is 3.42. The number of aryl methyl sites for hydroxylation is 1. The molecular formula is C22H26N4O2. The maximum absolute atomic E-state index is 13.0. The van der Waals surface area contributed by atoms with Crippen molar-refractivity contribution in [2.24, 2.45) is 17.6 Å². The molecule has 0 radical (unpaired) electrons.